The normalized spacial score (nSPS) is 14.7. The van der Waals surface area contributed by atoms with Gasteiger partial charge in [-0.1, -0.05) is 6.42 Å². The molecule has 6 N–H and O–H groups in total. The predicted molar refractivity (Wildman–Crippen MR) is 214 cm³/mol. The van der Waals surface area contributed by atoms with E-state index in [1.807, 2.05) is 29.9 Å². The lowest BCUT2D eigenvalue weighted by atomic mass is 10.0. The first-order chi connectivity index (χ1) is 26.3. The van der Waals surface area contributed by atoms with Crippen molar-refractivity contribution < 1.29 is 19.2 Å². The fraction of sp³-hybridized carbons (Fsp3) is 0.351. The molecule has 16 nitrogen and oxygen atoms in total. The van der Waals surface area contributed by atoms with Crippen LogP contribution in [-0.4, -0.2) is 62.3 Å². The van der Waals surface area contributed by atoms with Crippen LogP contribution >= 0.6 is 31.9 Å². The highest BCUT2D eigenvalue weighted by molar-refractivity contribution is 9.11. The molecule has 55 heavy (non-hydrogen) atoms. The molecule has 0 saturated heterocycles. The zero-order chi connectivity index (χ0) is 39.1. The Balaban J connectivity index is 1.31. The summed E-state index contributed by atoms with van der Waals surface area (Å²) in [6, 6.07) is 8.26. The van der Waals surface area contributed by atoms with Crippen molar-refractivity contribution in [2.75, 3.05) is 10.6 Å². The summed E-state index contributed by atoms with van der Waals surface area (Å²) in [5, 5.41) is 15.4. The summed E-state index contributed by atoms with van der Waals surface area (Å²) in [5.74, 6) is -1.27. The molecule has 1 aliphatic rings. The zero-order valence-electron chi connectivity index (χ0n) is 30.6. The number of hydrogen-bond donors (Lipinski definition) is 4. The standard InChI is InChI=1S/C37H40Br2N12O4/c1-4-50-29-23(20(3)47-50)10-6-5-7-13-51-28(14-19(2)46-51)34(54)44-36-42-26-17-21(32(40)52)15-24(38)30(26)48(36)11-8-9-12-49-31-25(39)16-22(33(41)53)18-27(31)43-37(49)45-35(29)55/h14-18H,4-13H2,1-3H3,(H2,40,52)(H2,41,53)(H,42,44,54)(H,43,45,55). The third-order valence-corrected chi connectivity index (χ3v) is 11.0. The van der Waals surface area contributed by atoms with E-state index in [4.69, 9.17) is 26.5 Å². The van der Waals surface area contributed by atoms with Gasteiger partial charge in [-0.3, -0.25) is 39.2 Å². The van der Waals surface area contributed by atoms with Crippen molar-refractivity contribution >= 4 is 89.5 Å². The zero-order valence-corrected chi connectivity index (χ0v) is 33.8. The van der Waals surface area contributed by atoms with E-state index in [2.05, 4.69) is 47.6 Å². The van der Waals surface area contributed by atoms with Gasteiger partial charge in [0.15, 0.2) is 0 Å². The highest BCUT2D eigenvalue weighted by atomic mass is 79.9. The fourth-order valence-electron chi connectivity index (χ4n) is 7.25. The summed E-state index contributed by atoms with van der Waals surface area (Å²) in [4.78, 5) is 61.9. The Bertz CT molecular complexity index is 2530. The van der Waals surface area contributed by atoms with Gasteiger partial charge in [-0.25, -0.2) is 9.97 Å². The van der Waals surface area contributed by atoms with E-state index in [1.54, 1.807) is 39.7 Å². The molecule has 0 atom stereocenters. The number of primary amides is 2. The van der Waals surface area contributed by atoms with E-state index in [1.165, 1.54) is 0 Å². The van der Waals surface area contributed by atoms with Crippen LogP contribution in [0.5, 0.6) is 0 Å². The second-order valence-electron chi connectivity index (χ2n) is 13.6. The Labute approximate surface area is 332 Å². The Kier molecular flexibility index (Phi) is 10.6. The number of rotatable bonds is 3. The fourth-order valence-corrected chi connectivity index (χ4v) is 8.58. The smallest absolute Gasteiger partial charge is 0.276 e. The van der Waals surface area contributed by atoms with Crippen LogP contribution in [0.25, 0.3) is 22.1 Å². The summed E-state index contributed by atoms with van der Waals surface area (Å²) in [7, 11) is 0. The number of nitrogens with two attached hydrogens (primary N) is 2. The van der Waals surface area contributed by atoms with Crippen LogP contribution in [0.15, 0.2) is 39.3 Å². The molecule has 2 aromatic carbocycles. The number of nitrogens with zero attached hydrogens (tertiary/aromatic N) is 8. The first-order valence-corrected chi connectivity index (χ1v) is 19.7. The number of benzene rings is 2. The molecule has 0 radical (unpaired) electrons. The molecule has 5 heterocycles. The number of nitrogens with one attached hydrogen (secondary N) is 2. The second kappa shape index (κ2) is 15.4. The van der Waals surface area contributed by atoms with Gasteiger partial charge in [-0.2, -0.15) is 10.2 Å². The first kappa shape index (κ1) is 37.9. The number of amides is 4. The van der Waals surface area contributed by atoms with Crippen LogP contribution < -0.4 is 22.1 Å². The quantitative estimate of drug-likeness (QED) is 0.169. The predicted octanol–water partition coefficient (Wildman–Crippen LogP) is 5.85. The second-order valence-corrected chi connectivity index (χ2v) is 15.3. The van der Waals surface area contributed by atoms with Crippen LogP contribution in [0, 0.1) is 13.8 Å². The number of carbonyl (C=O) groups is 4. The Hall–Kier alpha value is -5.36. The van der Waals surface area contributed by atoms with Gasteiger partial charge >= 0.3 is 0 Å². The molecule has 0 unspecified atom stereocenters. The van der Waals surface area contributed by atoms with Gasteiger partial charge in [0.05, 0.1) is 33.5 Å². The molecule has 6 aromatic rings. The van der Waals surface area contributed by atoms with Crippen molar-refractivity contribution in [2.24, 2.45) is 11.5 Å². The number of hydrogen-bond acceptors (Lipinski definition) is 8. The molecule has 1 aliphatic heterocycles. The van der Waals surface area contributed by atoms with Crippen LogP contribution in [0.4, 0.5) is 11.9 Å². The molecule has 4 aromatic heterocycles. The lowest BCUT2D eigenvalue weighted by Gasteiger charge is -2.14. The van der Waals surface area contributed by atoms with Crippen molar-refractivity contribution in [2.45, 2.75) is 85.5 Å². The highest BCUT2D eigenvalue weighted by Crippen LogP contribution is 2.32. The van der Waals surface area contributed by atoms with Gasteiger partial charge in [0.2, 0.25) is 23.7 Å². The van der Waals surface area contributed by atoms with E-state index in [0.29, 0.717) is 105 Å². The number of halogens is 2. The number of imidazole rings is 2. The Morgan fingerprint density at radius 2 is 1.29 bits per heavy atom. The third-order valence-electron chi connectivity index (χ3n) is 9.82. The molecule has 0 spiro atoms. The average Bonchev–Trinajstić information content (AvgIpc) is 3.87. The average molecular weight is 877 g/mol. The van der Waals surface area contributed by atoms with E-state index in [-0.39, 0.29) is 22.9 Å². The van der Waals surface area contributed by atoms with Gasteiger partial charge in [-0.05, 0) is 115 Å². The maximum Gasteiger partial charge on any atom is 0.276 e. The summed E-state index contributed by atoms with van der Waals surface area (Å²) >= 11 is 7.23. The molecule has 4 amide bonds. The minimum atomic E-state index is -0.600. The summed E-state index contributed by atoms with van der Waals surface area (Å²) in [6.45, 7) is 7.59. The van der Waals surface area contributed by atoms with E-state index in [0.717, 1.165) is 30.5 Å². The maximum absolute atomic E-state index is 14.2. The first-order valence-electron chi connectivity index (χ1n) is 18.1. The molecule has 0 aliphatic carbocycles. The van der Waals surface area contributed by atoms with Crippen molar-refractivity contribution in [1.29, 1.82) is 0 Å². The Morgan fingerprint density at radius 3 is 1.84 bits per heavy atom. The summed E-state index contributed by atoms with van der Waals surface area (Å²) in [6.07, 6.45) is 4.18. The van der Waals surface area contributed by atoms with Crippen LogP contribution in [0.1, 0.15) is 97.7 Å². The van der Waals surface area contributed by atoms with Crippen molar-refractivity contribution in [3.63, 3.8) is 0 Å². The van der Waals surface area contributed by atoms with Gasteiger partial charge in [0.1, 0.15) is 11.4 Å². The van der Waals surface area contributed by atoms with Crippen LogP contribution in [0.3, 0.4) is 0 Å². The van der Waals surface area contributed by atoms with E-state index in [9.17, 15) is 19.2 Å². The van der Waals surface area contributed by atoms with Crippen molar-refractivity contribution in [3.05, 3.63) is 78.7 Å². The van der Waals surface area contributed by atoms with Gasteiger partial charge < -0.3 is 20.6 Å². The van der Waals surface area contributed by atoms with Gasteiger partial charge in [0.25, 0.3) is 11.8 Å². The number of aryl methyl sites for hydroxylation is 6. The largest absolute Gasteiger partial charge is 0.366 e. The number of fused-ring (bicyclic) bond motifs is 8. The molecular formula is C37H40Br2N12O4. The van der Waals surface area contributed by atoms with Gasteiger partial charge in [0, 0.05) is 51.8 Å². The minimum absolute atomic E-state index is 0.277. The Morgan fingerprint density at radius 1 is 0.745 bits per heavy atom. The molecule has 18 heteroatoms. The van der Waals surface area contributed by atoms with Gasteiger partial charge in [-0.15, -0.1) is 0 Å². The lowest BCUT2D eigenvalue weighted by molar-refractivity contribution is 0.0992. The molecule has 0 saturated carbocycles. The van der Waals surface area contributed by atoms with Crippen molar-refractivity contribution in [3.8, 4) is 0 Å². The number of anilines is 2. The summed E-state index contributed by atoms with van der Waals surface area (Å²) in [5.41, 5.74) is 17.4. The molecule has 0 fully saturated rings. The highest BCUT2D eigenvalue weighted by Gasteiger charge is 2.25. The minimum Gasteiger partial charge on any atom is -0.366 e. The molecule has 0 bridgehead atoms. The van der Waals surface area contributed by atoms with Crippen LogP contribution in [0.2, 0.25) is 0 Å². The number of carbonyl (C=O) groups excluding carboxylic acids is 4. The maximum atomic E-state index is 14.2. The van der Waals surface area contributed by atoms with E-state index >= 15 is 0 Å². The molecule has 7 rings (SSSR count). The summed E-state index contributed by atoms with van der Waals surface area (Å²) < 4.78 is 8.45. The molecule has 286 valence electrons. The number of aromatic nitrogens is 8. The topological polar surface area (TPSA) is 216 Å². The van der Waals surface area contributed by atoms with E-state index < -0.39 is 11.8 Å². The van der Waals surface area contributed by atoms with Crippen LogP contribution in [-0.2, 0) is 32.6 Å². The molecular weight excluding hydrogens is 836 g/mol. The third kappa shape index (κ3) is 7.39. The lowest BCUT2D eigenvalue weighted by Crippen LogP contribution is -2.21. The van der Waals surface area contributed by atoms with Crippen molar-refractivity contribution in [1.82, 2.24) is 38.7 Å². The monoisotopic (exact) mass is 874 g/mol. The SMILES string of the molecule is CCn1nc(C)c2c1C(=O)Nc1nc3cc(C(N)=O)cc(Br)c3n1CCCCn1c(nc3cc(C(N)=O)cc(Br)c31)NC(=O)c1cc(C)nn1CCCCC2.